The van der Waals surface area contributed by atoms with E-state index in [0.29, 0.717) is 31.9 Å². The van der Waals surface area contributed by atoms with Crippen molar-refractivity contribution in [2.45, 2.75) is 32.0 Å². The maximum Gasteiger partial charge on any atom is 0.244 e. The number of nitrogens with one attached hydrogen (secondary N) is 1. The fraction of sp³-hybridized carbons (Fsp3) is 0.219. The largest absolute Gasteiger partial charge is 0.497 e. The van der Waals surface area contributed by atoms with E-state index in [1.54, 1.807) is 19.2 Å². The third-order valence-corrected chi connectivity index (χ3v) is 6.83. The second-order valence-electron chi connectivity index (χ2n) is 9.42. The van der Waals surface area contributed by atoms with E-state index in [4.69, 9.17) is 9.47 Å². The number of carbonyl (C=O) groups excluding carboxylic acids is 1. The van der Waals surface area contributed by atoms with Crippen LogP contribution < -0.4 is 19.7 Å². The molecule has 194 valence electrons. The van der Waals surface area contributed by atoms with Gasteiger partial charge in [-0.1, -0.05) is 54.6 Å². The Hall–Kier alpha value is -4.16. The minimum Gasteiger partial charge on any atom is -0.497 e. The Morgan fingerprint density at radius 3 is 2.32 bits per heavy atom. The molecule has 5 rings (SSSR count). The van der Waals surface area contributed by atoms with Crippen molar-refractivity contribution in [1.82, 2.24) is 5.32 Å². The van der Waals surface area contributed by atoms with Crippen LogP contribution in [0.5, 0.6) is 11.5 Å². The van der Waals surface area contributed by atoms with Crippen LogP contribution in [0, 0.1) is 5.82 Å². The fourth-order valence-corrected chi connectivity index (χ4v) is 4.70. The summed E-state index contributed by atoms with van der Waals surface area (Å²) in [7, 11) is 1.65. The lowest BCUT2D eigenvalue weighted by Gasteiger charge is -2.26. The Balaban J connectivity index is 1.37. The van der Waals surface area contributed by atoms with Crippen molar-refractivity contribution >= 4 is 11.6 Å². The van der Waals surface area contributed by atoms with Crippen LogP contribution in [0.4, 0.5) is 10.1 Å². The molecule has 0 fully saturated rings. The highest BCUT2D eigenvalue weighted by atomic mass is 19.1. The zero-order chi connectivity index (χ0) is 26.3. The molecule has 0 aliphatic carbocycles. The average Bonchev–Trinajstić information content (AvgIpc) is 3.08. The predicted octanol–water partition coefficient (Wildman–Crippen LogP) is 5.70. The Labute approximate surface area is 222 Å². The number of hydrogen-bond donors (Lipinski definition) is 1. The van der Waals surface area contributed by atoms with Gasteiger partial charge in [-0.3, -0.25) is 4.79 Å². The molecule has 0 spiro atoms. The number of fused-ring (bicyclic) bond motifs is 1. The van der Waals surface area contributed by atoms with Crippen LogP contribution in [0.1, 0.15) is 22.3 Å². The Kier molecular flexibility index (Phi) is 8.00. The minimum absolute atomic E-state index is 0.0566. The molecule has 4 aromatic rings. The molecule has 1 aliphatic heterocycles. The van der Waals surface area contributed by atoms with Crippen LogP contribution in [0.2, 0.25) is 0 Å². The van der Waals surface area contributed by atoms with Gasteiger partial charge in [0.25, 0.3) is 0 Å². The molecule has 0 radical (unpaired) electrons. The molecule has 0 bridgehead atoms. The number of carbonyl (C=O) groups is 1. The Morgan fingerprint density at radius 1 is 0.868 bits per heavy atom. The van der Waals surface area contributed by atoms with E-state index >= 15 is 0 Å². The number of anilines is 1. The third kappa shape index (κ3) is 6.21. The molecule has 1 atom stereocenters. The molecule has 4 aromatic carbocycles. The van der Waals surface area contributed by atoms with Gasteiger partial charge in [-0.05, 0) is 77.6 Å². The number of nitrogens with zero attached hydrogens (tertiary/aromatic N) is 1. The van der Waals surface area contributed by atoms with E-state index in [1.165, 1.54) is 12.1 Å². The molecule has 0 saturated heterocycles. The van der Waals surface area contributed by atoms with E-state index in [-0.39, 0.29) is 17.8 Å². The minimum atomic E-state index is -0.343. The first-order chi connectivity index (χ1) is 18.6. The van der Waals surface area contributed by atoms with E-state index in [1.807, 2.05) is 65.6 Å². The summed E-state index contributed by atoms with van der Waals surface area (Å²) < 4.78 is 24.5. The number of rotatable bonds is 9. The maximum atomic E-state index is 13.8. The van der Waals surface area contributed by atoms with E-state index in [0.717, 1.165) is 40.1 Å². The SMILES string of the molecule is COc1ccc(CCN2C(=O)[C@H](Cc3ccccc3)NCc3cc(OCc4ccc(F)cc4)ccc32)cc1. The van der Waals surface area contributed by atoms with Crippen molar-refractivity contribution in [3.63, 3.8) is 0 Å². The molecule has 1 aliphatic rings. The fourth-order valence-electron chi connectivity index (χ4n) is 4.70. The van der Waals surface area contributed by atoms with Gasteiger partial charge in [-0.2, -0.15) is 0 Å². The van der Waals surface area contributed by atoms with Crippen LogP contribution in [0.15, 0.2) is 97.1 Å². The topological polar surface area (TPSA) is 50.8 Å². The predicted molar refractivity (Wildman–Crippen MR) is 147 cm³/mol. The average molecular weight is 511 g/mol. The first-order valence-electron chi connectivity index (χ1n) is 12.8. The summed E-state index contributed by atoms with van der Waals surface area (Å²) in [6, 6.07) is 29.8. The highest BCUT2D eigenvalue weighted by Gasteiger charge is 2.30. The lowest BCUT2D eigenvalue weighted by atomic mass is 10.0. The summed E-state index contributed by atoms with van der Waals surface area (Å²) in [6.45, 7) is 1.44. The van der Waals surface area contributed by atoms with Crippen molar-refractivity contribution in [3.8, 4) is 11.5 Å². The van der Waals surface area contributed by atoms with Crippen LogP contribution in [-0.2, 0) is 30.8 Å². The standard InChI is InChI=1S/C32H31FN2O3/c1-37-28-13-9-23(10-14-28)17-18-35-31-16-15-29(38-22-25-7-11-27(33)12-8-25)20-26(31)21-34-30(32(35)36)19-24-5-3-2-4-6-24/h2-16,20,30,34H,17-19,21-22H2,1H3/t30-/m0/s1. The van der Waals surface area contributed by atoms with E-state index < -0.39 is 0 Å². The quantitative estimate of drug-likeness (QED) is 0.314. The third-order valence-electron chi connectivity index (χ3n) is 6.83. The van der Waals surface area contributed by atoms with Crippen molar-refractivity contribution in [2.24, 2.45) is 0 Å². The van der Waals surface area contributed by atoms with Gasteiger partial charge in [0.1, 0.15) is 23.9 Å². The lowest BCUT2D eigenvalue weighted by molar-refractivity contribution is -0.120. The zero-order valence-corrected chi connectivity index (χ0v) is 21.4. The van der Waals surface area contributed by atoms with Gasteiger partial charge in [0.2, 0.25) is 5.91 Å². The molecule has 0 saturated carbocycles. The van der Waals surface area contributed by atoms with E-state index in [9.17, 15) is 9.18 Å². The normalized spacial score (nSPS) is 15.1. The summed E-state index contributed by atoms with van der Waals surface area (Å²) in [4.78, 5) is 15.7. The molecule has 6 heteroatoms. The number of benzene rings is 4. The molecule has 5 nitrogen and oxygen atoms in total. The number of ether oxygens (including phenoxy) is 2. The summed E-state index contributed by atoms with van der Waals surface area (Å²) in [5.74, 6) is 1.31. The monoisotopic (exact) mass is 510 g/mol. The molecular formula is C32H31FN2O3. The van der Waals surface area contributed by atoms with Gasteiger partial charge in [0.05, 0.1) is 13.2 Å². The smallest absolute Gasteiger partial charge is 0.244 e. The van der Waals surface area contributed by atoms with Gasteiger partial charge in [0, 0.05) is 18.8 Å². The molecular weight excluding hydrogens is 479 g/mol. The Morgan fingerprint density at radius 2 is 1.58 bits per heavy atom. The summed E-state index contributed by atoms with van der Waals surface area (Å²) in [5, 5.41) is 3.48. The number of halogens is 1. The first-order valence-corrected chi connectivity index (χ1v) is 12.8. The second-order valence-corrected chi connectivity index (χ2v) is 9.42. The van der Waals surface area contributed by atoms with Crippen LogP contribution in [0.25, 0.3) is 0 Å². The molecule has 1 heterocycles. The number of hydrogen-bond acceptors (Lipinski definition) is 4. The summed E-state index contributed by atoms with van der Waals surface area (Å²) >= 11 is 0. The maximum absolute atomic E-state index is 13.8. The second kappa shape index (κ2) is 11.9. The van der Waals surface area contributed by atoms with Gasteiger partial charge < -0.3 is 19.7 Å². The molecule has 0 unspecified atom stereocenters. The summed E-state index contributed by atoms with van der Waals surface area (Å²) in [6.07, 6.45) is 1.33. The summed E-state index contributed by atoms with van der Waals surface area (Å²) in [5.41, 5.74) is 5.03. The molecule has 1 N–H and O–H groups in total. The van der Waals surface area contributed by atoms with Crippen LogP contribution in [-0.4, -0.2) is 25.6 Å². The van der Waals surface area contributed by atoms with Crippen molar-refractivity contribution < 1.29 is 18.7 Å². The Bertz CT molecular complexity index is 1360. The molecule has 1 amide bonds. The van der Waals surface area contributed by atoms with Gasteiger partial charge in [-0.25, -0.2) is 4.39 Å². The number of methoxy groups -OCH3 is 1. The van der Waals surface area contributed by atoms with Crippen molar-refractivity contribution in [3.05, 3.63) is 125 Å². The lowest BCUT2D eigenvalue weighted by Crippen LogP contribution is -2.46. The number of amides is 1. The molecule has 38 heavy (non-hydrogen) atoms. The van der Waals surface area contributed by atoms with Gasteiger partial charge in [0.15, 0.2) is 0 Å². The zero-order valence-electron chi connectivity index (χ0n) is 21.4. The molecule has 0 aromatic heterocycles. The highest BCUT2D eigenvalue weighted by Crippen LogP contribution is 2.30. The van der Waals surface area contributed by atoms with Crippen molar-refractivity contribution in [1.29, 1.82) is 0 Å². The first kappa shape index (κ1) is 25.5. The van der Waals surface area contributed by atoms with Gasteiger partial charge in [-0.15, -0.1) is 0 Å². The van der Waals surface area contributed by atoms with Crippen LogP contribution in [0.3, 0.4) is 0 Å². The van der Waals surface area contributed by atoms with Gasteiger partial charge >= 0.3 is 0 Å². The van der Waals surface area contributed by atoms with E-state index in [2.05, 4.69) is 17.4 Å². The highest BCUT2D eigenvalue weighted by molar-refractivity contribution is 5.98. The van der Waals surface area contributed by atoms with Crippen LogP contribution >= 0.6 is 0 Å². The van der Waals surface area contributed by atoms with Crippen molar-refractivity contribution in [2.75, 3.05) is 18.6 Å².